The average molecular weight is 256 g/mol. The van der Waals surface area contributed by atoms with Crippen LogP contribution in [0.15, 0.2) is 0 Å². The van der Waals surface area contributed by atoms with Crippen LogP contribution in [0.3, 0.4) is 0 Å². The second-order valence-electron chi connectivity index (χ2n) is 6.20. The van der Waals surface area contributed by atoms with Crippen molar-refractivity contribution in [3.8, 4) is 0 Å². The van der Waals surface area contributed by atoms with Crippen LogP contribution in [0.4, 0.5) is 0 Å². The van der Waals surface area contributed by atoms with Gasteiger partial charge in [-0.1, -0.05) is 25.7 Å². The number of rotatable bonds is 8. The van der Waals surface area contributed by atoms with E-state index >= 15 is 0 Å². The summed E-state index contributed by atoms with van der Waals surface area (Å²) in [6, 6.07) is 0.826. The van der Waals surface area contributed by atoms with E-state index in [1.54, 1.807) is 0 Å². The molecule has 1 saturated carbocycles. The zero-order valence-electron chi connectivity index (χ0n) is 12.5. The monoisotopic (exact) mass is 256 g/mol. The Kier molecular flexibility index (Phi) is 7.20. The summed E-state index contributed by atoms with van der Waals surface area (Å²) in [5, 5.41) is 12.5. The van der Waals surface area contributed by atoms with Gasteiger partial charge in [0.25, 0.3) is 0 Å². The first kappa shape index (κ1) is 15.9. The molecule has 0 aromatic heterocycles. The van der Waals surface area contributed by atoms with Crippen molar-refractivity contribution in [1.82, 2.24) is 10.2 Å². The van der Waals surface area contributed by atoms with Crippen LogP contribution in [0, 0.1) is 0 Å². The number of aliphatic hydroxyl groups is 1. The second-order valence-corrected chi connectivity index (χ2v) is 6.20. The van der Waals surface area contributed by atoms with Crippen molar-refractivity contribution in [3.63, 3.8) is 0 Å². The lowest BCUT2D eigenvalue weighted by atomic mass is 9.93. The van der Waals surface area contributed by atoms with E-state index in [0.717, 1.165) is 12.5 Å². The third-order valence-corrected chi connectivity index (χ3v) is 4.64. The van der Waals surface area contributed by atoms with E-state index in [9.17, 15) is 5.11 Å². The average Bonchev–Trinajstić information content (AvgIpc) is 2.44. The van der Waals surface area contributed by atoms with Crippen molar-refractivity contribution < 1.29 is 5.11 Å². The summed E-state index contributed by atoms with van der Waals surface area (Å²) in [6.07, 6.45) is 10.5. The molecule has 0 heterocycles. The van der Waals surface area contributed by atoms with Gasteiger partial charge >= 0.3 is 0 Å². The lowest BCUT2D eigenvalue weighted by molar-refractivity contribution is 0.162. The zero-order chi connectivity index (χ0) is 13.4. The molecule has 1 atom stereocenters. The van der Waals surface area contributed by atoms with Crippen LogP contribution in [-0.4, -0.2) is 48.8 Å². The fraction of sp³-hybridized carbons (Fsp3) is 1.00. The van der Waals surface area contributed by atoms with E-state index in [2.05, 4.69) is 24.2 Å². The first-order valence-corrected chi connectivity index (χ1v) is 7.61. The van der Waals surface area contributed by atoms with Crippen molar-refractivity contribution in [2.24, 2.45) is 0 Å². The molecule has 0 amide bonds. The third kappa shape index (κ3) is 5.25. The SMILES string of the molecule is CNC(C)(CO)CCCCN(C)C1CCCCC1. The highest BCUT2D eigenvalue weighted by atomic mass is 16.3. The van der Waals surface area contributed by atoms with Gasteiger partial charge in [0.2, 0.25) is 0 Å². The summed E-state index contributed by atoms with van der Waals surface area (Å²) < 4.78 is 0. The zero-order valence-corrected chi connectivity index (χ0v) is 12.5. The van der Waals surface area contributed by atoms with Gasteiger partial charge in [-0.3, -0.25) is 0 Å². The van der Waals surface area contributed by atoms with Crippen LogP contribution in [0.5, 0.6) is 0 Å². The predicted octanol–water partition coefficient (Wildman–Crippen LogP) is 2.39. The molecule has 0 aromatic carbocycles. The summed E-state index contributed by atoms with van der Waals surface area (Å²) in [6.45, 7) is 3.52. The van der Waals surface area contributed by atoms with Crippen molar-refractivity contribution in [3.05, 3.63) is 0 Å². The molecule has 0 aromatic rings. The molecule has 1 fully saturated rings. The molecule has 0 spiro atoms. The molecule has 1 rings (SSSR count). The highest BCUT2D eigenvalue weighted by molar-refractivity contribution is 4.80. The number of nitrogens with one attached hydrogen (secondary N) is 1. The first-order valence-electron chi connectivity index (χ1n) is 7.61. The molecule has 0 radical (unpaired) electrons. The Morgan fingerprint density at radius 3 is 2.44 bits per heavy atom. The van der Waals surface area contributed by atoms with Gasteiger partial charge < -0.3 is 15.3 Å². The van der Waals surface area contributed by atoms with Gasteiger partial charge in [0.15, 0.2) is 0 Å². The molecule has 0 saturated heterocycles. The molecule has 1 aliphatic rings. The van der Waals surface area contributed by atoms with Gasteiger partial charge in [0.1, 0.15) is 0 Å². The minimum atomic E-state index is -0.0938. The lowest BCUT2D eigenvalue weighted by Crippen LogP contribution is -2.43. The quantitative estimate of drug-likeness (QED) is 0.655. The van der Waals surface area contributed by atoms with Crippen molar-refractivity contribution in [2.45, 2.75) is 69.9 Å². The fourth-order valence-corrected chi connectivity index (χ4v) is 2.86. The largest absolute Gasteiger partial charge is 0.394 e. The normalized spacial score (nSPS) is 21.2. The van der Waals surface area contributed by atoms with Crippen molar-refractivity contribution in [1.29, 1.82) is 0 Å². The topological polar surface area (TPSA) is 35.5 Å². The highest BCUT2D eigenvalue weighted by Crippen LogP contribution is 2.22. The van der Waals surface area contributed by atoms with Crippen LogP contribution in [-0.2, 0) is 0 Å². The molecule has 2 N–H and O–H groups in total. The number of aliphatic hydroxyl groups excluding tert-OH is 1. The van der Waals surface area contributed by atoms with E-state index in [0.29, 0.717) is 0 Å². The molecule has 1 aliphatic carbocycles. The minimum Gasteiger partial charge on any atom is -0.394 e. The fourth-order valence-electron chi connectivity index (χ4n) is 2.86. The highest BCUT2D eigenvalue weighted by Gasteiger charge is 2.21. The molecule has 0 bridgehead atoms. The summed E-state index contributed by atoms with van der Waals surface area (Å²) in [5.41, 5.74) is -0.0938. The molecule has 18 heavy (non-hydrogen) atoms. The molecular weight excluding hydrogens is 224 g/mol. The molecule has 3 nitrogen and oxygen atoms in total. The number of unbranched alkanes of at least 4 members (excludes halogenated alkanes) is 1. The smallest absolute Gasteiger partial charge is 0.0610 e. The minimum absolute atomic E-state index is 0.0938. The van der Waals surface area contributed by atoms with Crippen molar-refractivity contribution in [2.75, 3.05) is 27.2 Å². The molecule has 3 heteroatoms. The molecule has 108 valence electrons. The van der Waals surface area contributed by atoms with Crippen LogP contribution in [0.1, 0.15) is 58.3 Å². The van der Waals surface area contributed by atoms with E-state index in [-0.39, 0.29) is 12.1 Å². The Morgan fingerprint density at radius 1 is 1.22 bits per heavy atom. The lowest BCUT2D eigenvalue weighted by Gasteiger charge is -2.32. The Bertz CT molecular complexity index is 211. The van der Waals surface area contributed by atoms with E-state index in [1.165, 1.54) is 51.5 Å². The van der Waals surface area contributed by atoms with Crippen molar-refractivity contribution >= 4 is 0 Å². The Balaban J connectivity index is 2.13. The third-order valence-electron chi connectivity index (χ3n) is 4.64. The maximum absolute atomic E-state index is 9.32. The number of likely N-dealkylation sites (N-methyl/N-ethyl adjacent to an activating group) is 1. The summed E-state index contributed by atoms with van der Waals surface area (Å²) >= 11 is 0. The number of hydrogen-bond acceptors (Lipinski definition) is 3. The van der Waals surface area contributed by atoms with Crippen LogP contribution >= 0.6 is 0 Å². The maximum Gasteiger partial charge on any atom is 0.0610 e. The maximum atomic E-state index is 9.32. The molecule has 0 aliphatic heterocycles. The number of nitrogens with zero attached hydrogens (tertiary/aromatic N) is 1. The molecular formula is C15H32N2O. The predicted molar refractivity (Wildman–Crippen MR) is 77.9 cm³/mol. The van der Waals surface area contributed by atoms with Crippen LogP contribution < -0.4 is 5.32 Å². The van der Waals surface area contributed by atoms with Gasteiger partial charge in [-0.05, 0) is 53.2 Å². The van der Waals surface area contributed by atoms with Gasteiger partial charge in [0.05, 0.1) is 6.61 Å². The summed E-state index contributed by atoms with van der Waals surface area (Å²) in [7, 11) is 4.21. The summed E-state index contributed by atoms with van der Waals surface area (Å²) in [4.78, 5) is 2.55. The molecule has 1 unspecified atom stereocenters. The van der Waals surface area contributed by atoms with Gasteiger partial charge in [-0.2, -0.15) is 0 Å². The number of hydrogen-bond donors (Lipinski definition) is 2. The Labute approximate surface area is 113 Å². The standard InChI is InChI=1S/C15H32N2O/c1-15(13-18,16-2)11-7-8-12-17(3)14-9-5-4-6-10-14/h14,16,18H,4-13H2,1-3H3. The van der Waals surface area contributed by atoms with E-state index < -0.39 is 0 Å². The second kappa shape index (κ2) is 8.13. The van der Waals surface area contributed by atoms with Gasteiger partial charge in [0, 0.05) is 11.6 Å². The summed E-state index contributed by atoms with van der Waals surface area (Å²) in [5.74, 6) is 0. The van der Waals surface area contributed by atoms with Gasteiger partial charge in [-0.15, -0.1) is 0 Å². The van der Waals surface area contributed by atoms with E-state index in [4.69, 9.17) is 0 Å². The Hall–Kier alpha value is -0.120. The van der Waals surface area contributed by atoms with Crippen LogP contribution in [0.2, 0.25) is 0 Å². The van der Waals surface area contributed by atoms with Crippen LogP contribution in [0.25, 0.3) is 0 Å². The van der Waals surface area contributed by atoms with Gasteiger partial charge in [-0.25, -0.2) is 0 Å². The van der Waals surface area contributed by atoms with E-state index in [1.807, 2.05) is 7.05 Å². The Morgan fingerprint density at radius 2 is 1.89 bits per heavy atom. The first-order chi connectivity index (χ1) is 8.61.